The van der Waals surface area contributed by atoms with Gasteiger partial charge in [-0.3, -0.25) is 4.79 Å². The number of ether oxygens (including phenoxy) is 2. The number of rotatable bonds is 10. The Morgan fingerprint density at radius 3 is 2.92 bits per heavy atom. The number of amides is 1. The summed E-state index contributed by atoms with van der Waals surface area (Å²) in [6, 6.07) is 5.86. The lowest BCUT2D eigenvalue weighted by Gasteiger charge is -2.16. The van der Waals surface area contributed by atoms with E-state index in [4.69, 9.17) is 15.2 Å². The van der Waals surface area contributed by atoms with Gasteiger partial charge in [0.15, 0.2) is 0 Å². The quantitative estimate of drug-likeness (QED) is 0.643. The summed E-state index contributed by atoms with van der Waals surface area (Å²) in [6.07, 6.45) is 6.88. The second kappa shape index (κ2) is 10.3. The minimum absolute atomic E-state index is 0.0357. The fraction of sp³-hybridized carbons (Fsp3) is 0.632. The molecule has 0 bridgehead atoms. The molecular formula is C19H30N2O3. The largest absolute Gasteiger partial charge is 0.489 e. The smallest absolute Gasteiger partial charge is 0.224 e. The molecule has 1 aromatic rings. The normalized spacial score (nSPS) is 17.0. The number of nitrogens with one attached hydrogen (secondary N) is 1. The summed E-state index contributed by atoms with van der Waals surface area (Å²) >= 11 is 0. The summed E-state index contributed by atoms with van der Waals surface area (Å²) in [7, 11) is 0. The predicted octanol–water partition coefficient (Wildman–Crippen LogP) is 3.40. The number of benzene rings is 1. The number of hydrogen-bond donors (Lipinski definition) is 2. The molecule has 1 heterocycles. The Kier molecular flexibility index (Phi) is 8.05. The van der Waals surface area contributed by atoms with Gasteiger partial charge < -0.3 is 20.5 Å². The Labute approximate surface area is 144 Å². The average molecular weight is 334 g/mol. The summed E-state index contributed by atoms with van der Waals surface area (Å²) in [5.74, 6) is 0.760. The van der Waals surface area contributed by atoms with Crippen molar-refractivity contribution in [3.63, 3.8) is 0 Å². The van der Waals surface area contributed by atoms with Crippen LogP contribution in [0.3, 0.4) is 0 Å². The van der Waals surface area contributed by atoms with Crippen molar-refractivity contribution in [3.8, 4) is 5.75 Å². The molecule has 1 aliphatic heterocycles. The number of carbonyl (C=O) groups excluding carboxylic acids is 1. The van der Waals surface area contributed by atoms with E-state index in [1.54, 1.807) is 0 Å². The maximum absolute atomic E-state index is 12.1. The molecule has 2 rings (SSSR count). The Bertz CT molecular complexity index is 513. The Balaban J connectivity index is 1.82. The van der Waals surface area contributed by atoms with Gasteiger partial charge in [0, 0.05) is 13.0 Å². The van der Waals surface area contributed by atoms with E-state index in [-0.39, 0.29) is 12.0 Å². The molecule has 24 heavy (non-hydrogen) atoms. The van der Waals surface area contributed by atoms with Gasteiger partial charge in [0.2, 0.25) is 5.91 Å². The lowest BCUT2D eigenvalue weighted by atomic mass is 10.1. The van der Waals surface area contributed by atoms with Gasteiger partial charge in [-0.25, -0.2) is 0 Å². The highest BCUT2D eigenvalue weighted by atomic mass is 16.5. The molecule has 1 unspecified atom stereocenters. The molecule has 1 fully saturated rings. The molecule has 1 saturated heterocycles. The fourth-order valence-electron chi connectivity index (χ4n) is 2.81. The van der Waals surface area contributed by atoms with E-state index in [1.165, 1.54) is 0 Å². The van der Waals surface area contributed by atoms with Gasteiger partial charge in [0.1, 0.15) is 12.4 Å². The van der Waals surface area contributed by atoms with E-state index in [1.807, 2.05) is 25.1 Å². The highest BCUT2D eigenvalue weighted by molar-refractivity contribution is 5.92. The molecule has 1 amide bonds. The number of nitrogens with two attached hydrogens (primary N) is 1. The second-order valence-corrected chi connectivity index (χ2v) is 6.45. The molecule has 1 aliphatic rings. The summed E-state index contributed by atoms with van der Waals surface area (Å²) in [6.45, 7) is 4.09. The SMILES string of the molecule is Cc1ccc(NC(=O)CCCCCCN)c(OCC2CCCO2)c1. The van der Waals surface area contributed by atoms with Gasteiger partial charge in [-0.15, -0.1) is 0 Å². The van der Waals surface area contributed by atoms with Crippen molar-refractivity contribution in [1.82, 2.24) is 0 Å². The Hall–Kier alpha value is -1.59. The minimum Gasteiger partial charge on any atom is -0.489 e. The van der Waals surface area contributed by atoms with E-state index in [0.29, 0.717) is 13.0 Å². The van der Waals surface area contributed by atoms with Crippen LogP contribution in [-0.4, -0.2) is 31.8 Å². The molecular weight excluding hydrogens is 304 g/mol. The molecule has 3 N–H and O–H groups in total. The van der Waals surface area contributed by atoms with E-state index < -0.39 is 0 Å². The fourth-order valence-corrected chi connectivity index (χ4v) is 2.81. The summed E-state index contributed by atoms with van der Waals surface area (Å²) in [5, 5.41) is 2.97. The molecule has 0 aromatic heterocycles. The number of hydrogen-bond acceptors (Lipinski definition) is 4. The maximum Gasteiger partial charge on any atom is 0.224 e. The van der Waals surface area contributed by atoms with Crippen LogP contribution in [0, 0.1) is 6.92 Å². The standard InChI is InChI=1S/C19H30N2O3/c1-15-9-10-17(21-19(22)8-4-2-3-5-11-20)18(13-15)24-14-16-7-6-12-23-16/h9-10,13,16H,2-8,11-12,14,20H2,1H3,(H,21,22). The third kappa shape index (κ3) is 6.49. The van der Waals surface area contributed by atoms with Gasteiger partial charge >= 0.3 is 0 Å². The van der Waals surface area contributed by atoms with Crippen molar-refractivity contribution in [1.29, 1.82) is 0 Å². The lowest BCUT2D eigenvalue weighted by Crippen LogP contribution is -2.18. The zero-order valence-electron chi connectivity index (χ0n) is 14.7. The molecule has 0 radical (unpaired) electrons. The zero-order valence-corrected chi connectivity index (χ0v) is 14.7. The molecule has 0 saturated carbocycles. The van der Waals surface area contributed by atoms with Crippen molar-refractivity contribution in [2.75, 3.05) is 25.1 Å². The molecule has 0 aliphatic carbocycles. The predicted molar refractivity (Wildman–Crippen MR) is 96.4 cm³/mol. The second-order valence-electron chi connectivity index (χ2n) is 6.45. The van der Waals surface area contributed by atoms with Crippen molar-refractivity contribution in [2.45, 2.75) is 58.0 Å². The Morgan fingerprint density at radius 1 is 1.33 bits per heavy atom. The first-order valence-corrected chi connectivity index (χ1v) is 9.04. The molecule has 134 valence electrons. The van der Waals surface area contributed by atoms with Gasteiger partial charge in [0.05, 0.1) is 11.8 Å². The first kappa shape index (κ1) is 18.7. The van der Waals surface area contributed by atoms with Crippen LogP contribution in [0.25, 0.3) is 0 Å². The lowest BCUT2D eigenvalue weighted by molar-refractivity contribution is -0.116. The summed E-state index contributed by atoms with van der Waals surface area (Å²) < 4.78 is 11.5. The van der Waals surface area contributed by atoms with Crippen LogP contribution < -0.4 is 15.8 Å². The van der Waals surface area contributed by atoms with E-state index >= 15 is 0 Å². The van der Waals surface area contributed by atoms with Crippen LogP contribution >= 0.6 is 0 Å². The van der Waals surface area contributed by atoms with Crippen LogP contribution in [0.2, 0.25) is 0 Å². The monoisotopic (exact) mass is 334 g/mol. The van der Waals surface area contributed by atoms with Crippen LogP contribution in [0.15, 0.2) is 18.2 Å². The third-order valence-electron chi connectivity index (χ3n) is 4.22. The highest BCUT2D eigenvalue weighted by Crippen LogP contribution is 2.27. The first-order valence-electron chi connectivity index (χ1n) is 9.04. The van der Waals surface area contributed by atoms with Crippen molar-refractivity contribution < 1.29 is 14.3 Å². The van der Waals surface area contributed by atoms with Gasteiger partial charge in [0.25, 0.3) is 0 Å². The van der Waals surface area contributed by atoms with E-state index in [9.17, 15) is 4.79 Å². The first-order chi connectivity index (χ1) is 11.7. The molecule has 5 nitrogen and oxygen atoms in total. The Morgan fingerprint density at radius 2 is 2.17 bits per heavy atom. The highest BCUT2D eigenvalue weighted by Gasteiger charge is 2.17. The van der Waals surface area contributed by atoms with Crippen LogP contribution in [-0.2, 0) is 9.53 Å². The maximum atomic E-state index is 12.1. The molecule has 0 spiro atoms. The third-order valence-corrected chi connectivity index (χ3v) is 4.22. The molecule has 1 aromatic carbocycles. The number of aryl methyl sites for hydroxylation is 1. The van der Waals surface area contributed by atoms with Crippen LogP contribution in [0.4, 0.5) is 5.69 Å². The number of anilines is 1. The van der Waals surface area contributed by atoms with Crippen molar-refractivity contribution in [2.24, 2.45) is 5.73 Å². The summed E-state index contributed by atoms with van der Waals surface area (Å²) in [4.78, 5) is 12.1. The molecule has 1 atom stereocenters. The van der Waals surface area contributed by atoms with Crippen LogP contribution in [0.1, 0.15) is 50.5 Å². The topological polar surface area (TPSA) is 73.6 Å². The van der Waals surface area contributed by atoms with Crippen molar-refractivity contribution >= 4 is 11.6 Å². The van der Waals surface area contributed by atoms with Gasteiger partial charge in [-0.05, 0) is 56.8 Å². The number of carbonyl (C=O) groups is 1. The van der Waals surface area contributed by atoms with Crippen molar-refractivity contribution in [3.05, 3.63) is 23.8 Å². The number of unbranched alkanes of at least 4 members (excludes halogenated alkanes) is 3. The van der Waals surface area contributed by atoms with E-state index in [2.05, 4.69) is 5.32 Å². The van der Waals surface area contributed by atoms with E-state index in [0.717, 1.165) is 68.7 Å². The van der Waals surface area contributed by atoms with Gasteiger partial charge in [-0.1, -0.05) is 18.9 Å². The minimum atomic E-state index is 0.0357. The van der Waals surface area contributed by atoms with Gasteiger partial charge in [-0.2, -0.15) is 0 Å². The summed E-state index contributed by atoms with van der Waals surface area (Å²) in [5.41, 5.74) is 7.32. The average Bonchev–Trinajstić information content (AvgIpc) is 3.08. The molecule has 5 heteroatoms. The zero-order chi connectivity index (χ0) is 17.2. The van der Waals surface area contributed by atoms with Crippen LogP contribution in [0.5, 0.6) is 5.75 Å².